The molecule has 0 bridgehead atoms. The fourth-order valence-corrected chi connectivity index (χ4v) is 3.43. The molecule has 2 aromatic rings. The zero-order valence-electron chi connectivity index (χ0n) is 13.8. The first-order chi connectivity index (χ1) is 10.1. The summed E-state index contributed by atoms with van der Waals surface area (Å²) < 4.78 is 0. The van der Waals surface area contributed by atoms with E-state index in [9.17, 15) is 0 Å². The van der Waals surface area contributed by atoms with Crippen molar-refractivity contribution in [3.63, 3.8) is 0 Å². The van der Waals surface area contributed by atoms with Crippen LogP contribution >= 0.6 is 11.3 Å². The summed E-state index contributed by atoms with van der Waals surface area (Å²) in [5.41, 5.74) is 1.31. The molecule has 116 valence electrons. The lowest BCUT2D eigenvalue weighted by Gasteiger charge is -2.17. The molecule has 0 spiro atoms. The Bertz CT molecular complexity index is 602. The van der Waals surface area contributed by atoms with E-state index in [-0.39, 0.29) is 0 Å². The number of anilines is 1. The summed E-state index contributed by atoms with van der Waals surface area (Å²) in [6, 6.07) is 0. The van der Waals surface area contributed by atoms with Gasteiger partial charge in [-0.25, -0.2) is 9.97 Å². The van der Waals surface area contributed by atoms with Crippen molar-refractivity contribution in [2.45, 2.75) is 47.6 Å². The van der Waals surface area contributed by atoms with E-state index in [1.54, 1.807) is 11.3 Å². The Morgan fingerprint density at radius 1 is 1.10 bits per heavy atom. The quantitative estimate of drug-likeness (QED) is 0.840. The van der Waals surface area contributed by atoms with Gasteiger partial charge < -0.3 is 5.32 Å². The monoisotopic (exact) mass is 306 g/mol. The average Bonchev–Trinajstić information content (AvgIpc) is 2.77. The molecule has 0 aliphatic rings. The van der Waals surface area contributed by atoms with E-state index >= 15 is 0 Å². The first-order valence-electron chi connectivity index (χ1n) is 7.83. The SMILES string of the molecule is CCCNc1nc(CN(CC)CC)nc2sc(C)c(C)c12. The van der Waals surface area contributed by atoms with Gasteiger partial charge in [-0.3, -0.25) is 4.90 Å². The highest BCUT2D eigenvalue weighted by Crippen LogP contribution is 2.33. The van der Waals surface area contributed by atoms with Gasteiger partial charge in [0.15, 0.2) is 0 Å². The van der Waals surface area contributed by atoms with E-state index < -0.39 is 0 Å². The van der Waals surface area contributed by atoms with Crippen LogP contribution in [0.2, 0.25) is 0 Å². The number of aromatic nitrogens is 2. The molecule has 0 saturated carbocycles. The summed E-state index contributed by atoms with van der Waals surface area (Å²) in [5, 5.41) is 4.68. The highest BCUT2D eigenvalue weighted by atomic mass is 32.1. The first-order valence-corrected chi connectivity index (χ1v) is 8.65. The molecular formula is C16H26N4S. The number of nitrogens with one attached hydrogen (secondary N) is 1. The van der Waals surface area contributed by atoms with Crippen LogP contribution in [0.1, 0.15) is 43.5 Å². The lowest BCUT2D eigenvalue weighted by atomic mass is 10.2. The molecule has 5 heteroatoms. The smallest absolute Gasteiger partial charge is 0.146 e. The number of fused-ring (bicyclic) bond motifs is 1. The molecule has 0 saturated heterocycles. The van der Waals surface area contributed by atoms with Gasteiger partial charge in [0.25, 0.3) is 0 Å². The molecule has 0 radical (unpaired) electrons. The van der Waals surface area contributed by atoms with Crippen molar-refractivity contribution in [2.24, 2.45) is 0 Å². The summed E-state index contributed by atoms with van der Waals surface area (Å²) in [4.78, 5) is 14.4. The molecule has 0 aliphatic heterocycles. The van der Waals surface area contributed by atoms with Crippen LogP contribution in [-0.4, -0.2) is 34.5 Å². The molecule has 0 aliphatic carbocycles. The van der Waals surface area contributed by atoms with E-state index in [1.807, 2.05) is 0 Å². The number of rotatable bonds is 7. The van der Waals surface area contributed by atoms with Crippen LogP contribution in [0.3, 0.4) is 0 Å². The van der Waals surface area contributed by atoms with Gasteiger partial charge in [0, 0.05) is 11.4 Å². The molecule has 0 amide bonds. The minimum Gasteiger partial charge on any atom is -0.369 e. The van der Waals surface area contributed by atoms with Crippen LogP contribution in [0.15, 0.2) is 0 Å². The highest BCUT2D eigenvalue weighted by Gasteiger charge is 2.15. The Labute approximate surface area is 131 Å². The molecule has 0 aromatic carbocycles. The summed E-state index contributed by atoms with van der Waals surface area (Å²) in [5.74, 6) is 1.93. The van der Waals surface area contributed by atoms with E-state index in [0.717, 1.165) is 49.1 Å². The van der Waals surface area contributed by atoms with Crippen LogP contribution in [-0.2, 0) is 6.54 Å². The van der Waals surface area contributed by atoms with Crippen molar-refractivity contribution in [1.82, 2.24) is 14.9 Å². The molecule has 21 heavy (non-hydrogen) atoms. The van der Waals surface area contributed by atoms with Gasteiger partial charge in [-0.05, 0) is 38.9 Å². The lowest BCUT2D eigenvalue weighted by molar-refractivity contribution is 0.289. The number of thiophene rings is 1. The molecule has 2 heterocycles. The minimum atomic E-state index is 0.819. The second kappa shape index (κ2) is 7.18. The van der Waals surface area contributed by atoms with Crippen molar-refractivity contribution in [1.29, 1.82) is 0 Å². The standard InChI is InChI=1S/C16H26N4S/c1-6-9-17-15-14-11(4)12(5)21-16(14)19-13(18-15)10-20(7-2)8-3/h6-10H2,1-5H3,(H,17,18,19). The third-order valence-corrected chi connectivity index (χ3v) is 4.98. The maximum Gasteiger partial charge on any atom is 0.146 e. The van der Waals surface area contributed by atoms with Crippen LogP contribution in [0, 0.1) is 13.8 Å². The van der Waals surface area contributed by atoms with E-state index in [2.05, 4.69) is 44.8 Å². The van der Waals surface area contributed by atoms with Gasteiger partial charge >= 0.3 is 0 Å². The predicted molar refractivity (Wildman–Crippen MR) is 92.3 cm³/mol. The van der Waals surface area contributed by atoms with Crippen LogP contribution < -0.4 is 5.32 Å². The van der Waals surface area contributed by atoms with Crippen molar-refractivity contribution in [3.8, 4) is 0 Å². The molecule has 1 N–H and O–H groups in total. The molecule has 0 atom stereocenters. The summed E-state index contributed by atoms with van der Waals surface area (Å²) in [7, 11) is 0. The maximum atomic E-state index is 4.79. The van der Waals surface area contributed by atoms with Crippen LogP contribution in [0.25, 0.3) is 10.2 Å². The fraction of sp³-hybridized carbons (Fsp3) is 0.625. The fourth-order valence-electron chi connectivity index (χ4n) is 2.38. The maximum absolute atomic E-state index is 4.79. The lowest BCUT2D eigenvalue weighted by Crippen LogP contribution is -2.23. The van der Waals surface area contributed by atoms with Gasteiger partial charge in [0.1, 0.15) is 16.5 Å². The molecule has 2 rings (SSSR count). The number of hydrogen-bond acceptors (Lipinski definition) is 5. The van der Waals surface area contributed by atoms with Crippen molar-refractivity contribution < 1.29 is 0 Å². The molecule has 2 aromatic heterocycles. The summed E-state index contributed by atoms with van der Waals surface area (Å²) in [6.45, 7) is 14.7. The van der Waals surface area contributed by atoms with E-state index in [0.29, 0.717) is 0 Å². The largest absolute Gasteiger partial charge is 0.369 e. The highest BCUT2D eigenvalue weighted by molar-refractivity contribution is 7.18. The zero-order valence-corrected chi connectivity index (χ0v) is 14.6. The van der Waals surface area contributed by atoms with Crippen LogP contribution in [0.4, 0.5) is 5.82 Å². The zero-order chi connectivity index (χ0) is 15.4. The van der Waals surface area contributed by atoms with Crippen molar-refractivity contribution in [3.05, 3.63) is 16.3 Å². The van der Waals surface area contributed by atoms with Crippen LogP contribution in [0.5, 0.6) is 0 Å². The number of nitrogens with zero attached hydrogens (tertiary/aromatic N) is 3. The summed E-state index contributed by atoms with van der Waals surface area (Å²) in [6.07, 6.45) is 1.10. The summed E-state index contributed by atoms with van der Waals surface area (Å²) >= 11 is 1.77. The van der Waals surface area contributed by atoms with Gasteiger partial charge in [-0.2, -0.15) is 0 Å². The third-order valence-electron chi connectivity index (χ3n) is 3.88. The van der Waals surface area contributed by atoms with Gasteiger partial charge in [-0.1, -0.05) is 20.8 Å². The molecule has 4 nitrogen and oxygen atoms in total. The Morgan fingerprint density at radius 2 is 1.81 bits per heavy atom. The number of hydrogen-bond donors (Lipinski definition) is 1. The minimum absolute atomic E-state index is 0.819. The molecule has 0 unspecified atom stereocenters. The second-order valence-electron chi connectivity index (χ2n) is 5.34. The molecular weight excluding hydrogens is 280 g/mol. The molecule has 0 fully saturated rings. The van der Waals surface area contributed by atoms with Crippen molar-refractivity contribution >= 4 is 27.4 Å². The predicted octanol–water partition coefficient (Wildman–Crippen LogP) is 3.97. The Kier molecular flexibility index (Phi) is 5.53. The second-order valence-corrected chi connectivity index (χ2v) is 6.54. The third kappa shape index (κ3) is 3.52. The van der Waals surface area contributed by atoms with E-state index in [4.69, 9.17) is 9.97 Å². The average molecular weight is 306 g/mol. The van der Waals surface area contributed by atoms with E-state index in [1.165, 1.54) is 15.8 Å². The number of aryl methyl sites for hydroxylation is 2. The Hall–Kier alpha value is -1.20. The Balaban J connectivity index is 2.44. The van der Waals surface area contributed by atoms with Gasteiger partial charge in [0.05, 0.1) is 11.9 Å². The van der Waals surface area contributed by atoms with Gasteiger partial charge in [0.2, 0.25) is 0 Å². The van der Waals surface area contributed by atoms with Crippen molar-refractivity contribution in [2.75, 3.05) is 25.0 Å². The normalized spacial score (nSPS) is 11.5. The topological polar surface area (TPSA) is 41.1 Å². The van der Waals surface area contributed by atoms with Gasteiger partial charge in [-0.15, -0.1) is 11.3 Å². The first kappa shape index (κ1) is 16.2. The Morgan fingerprint density at radius 3 is 2.43 bits per heavy atom.